The van der Waals surface area contributed by atoms with Gasteiger partial charge in [-0.2, -0.15) is 5.10 Å². The van der Waals surface area contributed by atoms with Crippen LogP contribution in [0.4, 0.5) is 17.1 Å². The first kappa shape index (κ1) is 24.7. The molecule has 3 aromatic carbocycles. The van der Waals surface area contributed by atoms with Gasteiger partial charge < -0.3 is 20.3 Å². The zero-order valence-electron chi connectivity index (χ0n) is 20.1. The van der Waals surface area contributed by atoms with E-state index in [-0.39, 0.29) is 18.2 Å². The highest BCUT2D eigenvalue weighted by atomic mass is 79.9. The van der Waals surface area contributed by atoms with Crippen molar-refractivity contribution >= 4 is 44.8 Å². The summed E-state index contributed by atoms with van der Waals surface area (Å²) in [6, 6.07) is 22.6. The summed E-state index contributed by atoms with van der Waals surface area (Å²) in [5, 5.41) is 10.2. The summed E-state index contributed by atoms with van der Waals surface area (Å²) in [5.41, 5.74) is 4.53. The molecule has 0 unspecified atom stereocenters. The van der Waals surface area contributed by atoms with Gasteiger partial charge in [-0.15, -0.1) is 0 Å². The van der Waals surface area contributed by atoms with E-state index in [1.54, 1.807) is 35.3 Å². The van der Waals surface area contributed by atoms with Crippen molar-refractivity contribution in [2.24, 2.45) is 0 Å². The van der Waals surface area contributed by atoms with Crippen LogP contribution in [-0.4, -0.2) is 47.9 Å². The van der Waals surface area contributed by atoms with Crippen LogP contribution in [0.3, 0.4) is 0 Å². The maximum absolute atomic E-state index is 12.9. The molecule has 0 saturated carbocycles. The van der Waals surface area contributed by atoms with Crippen molar-refractivity contribution in [3.8, 4) is 5.69 Å². The lowest BCUT2D eigenvalue weighted by Crippen LogP contribution is -2.36. The first-order valence-electron chi connectivity index (χ1n) is 12.0. The molecule has 4 aromatic rings. The topological polar surface area (TPSA) is 88.5 Å². The second-order valence-electron chi connectivity index (χ2n) is 8.64. The predicted molar refractivity (Wildman–Crippen MR) is 147 cm³/mol. The third-order valence-electron chi connectivity index (χ3n) is 6.05. The summed E-state index contributed by atoms with van der Waals surface area (Å²) in [6.45, 7) is 3.18. The minimum absolute atomic E-state index is 0.140. The Morgan fingerprint density at radius 1 is 0.892 bits per heavy atom. The predicted octanol–water partition coefficient (Wildman–Crippen LogP) is 4.90. The van der Waals surface area contributed by atoms with E-state index in [9.17, 15) is 9.59 Å². The highest BCUT2D eigenvalue weighted by Crippen LogP contribution is 2.21. The number of rotatable bonds is 7. The third kappa shape index (κ3) is 6.25. The fourth-order valence-electron chi connectivity index (χ4n) is 4.12. The van der Waals surface area contributed by atoms with Gasteiger partial charge in [0, 0.05) is 34.5 Å². The number of nitrogens with one attached hydrogen (secondary N) is 2. The van der Waals surface area contributed by atoms with Crippen molar-refractivity contribution in [1.29, 1.82) is 0 Å². The molecule has 1 fully saturated rings. The molecule has 37 heavy (non-hydrogen) atoms. The van der Waals surface area contributed by atoms with Gasteiger partial charge in [0.25, 0.3) is 5.91 Å². The lowest BCUT2D eigenvalue weighted by molar-refractivity contribution is -0.115. The molecule has 8 nitrogen and oxygen atoms in total. The van der Waals surface area contributed by atoms with Gasteiger partial charge in [0.05, 0.1) is 43.4 Å². The van der Waals surface area contributed by atoms with Crippen molar-refractivity contribution in [3.05, 3.63) is 101 Å². The number of nitrogens with zero attached hydrogens (tertiary/aromatic N) is 3. The molecule has 0 bridgehead atoms. The van der Waals surface area contributed by atoms with E-state index in [1.165, 1.54) is 0 Å². The standard InChI is InChI=1S/C28H26BrN5O3/c29-26-7-2-1-4-20(26)17-27(35)31-23-18-30-34(19-23)25-6-3-5-21(16-25)28(36)32-22-8-10-24(11-9-22)33-12-14-37-15-13-33/h1-11,16,18-19H,12-15,17H2,(H,31,35)(H,32,36). The number of ether oxygens (including phenoxy) is 1. The molecule has 1 aromatic heterocycles. The SMILES string of the molecule is O=C(Cc1ccccc1Br)Nc1cnn(-c2cccc(C(=O)Nc3ccc(N4CCOCC4)cc3)c2)c1. The minimum atomic E-state index is -0.213. The highest BCUT2D eigenvalue weighted by molar-refractivity contribution is 9.10. The number of carbonyl (C=O) groups is 2. The number of hydrogen-bond donors (Lipinski definition) is 2. The summed E-state index contributed by atoms with van der Waals surface area (Å²) in [5.74, 6) is -0.352. The van der Waals surface area contributed by atoms with Crippen LogP contribution in [-0.2, 0) is 16.0 Å². The molecule has 5 rings (SSSR count). The largest absolute Gasteiger partial charge is 0.378 e. The lowest BCUT2D eigenvalue weighted by Gasteiger charge is -2.28. The van der Waals surface area contributed by atoms with E-state index in [0.29, 0.717) is 16.9 Å². The normalized spacial score (nSPS) is 13.3. The molecule has 0 radical (unpaired) electrons. The van der Waals surface area contributed by atoms with Crippen LogP contribution in [0.2, 0.25) is 0 Å². The quantitative estimate of drug-likeness (QED) is 0.336. The number of amides is 2. The molecule has 9 heteroatoms. The molecule has 1 aliphatic heterocycles. The number of halogens is 1. The van der Waals surface area contributed by atoms with E-state index in [2.05, 4.69) is 36.6 Å². The summed E-state index contributed by atoms with van der Waals surface area (Å²) >= 11 is 3.47. The van der Waals surface area contributed by atoms with Crippen molar-refractivity contribution in [2.45, 2.75) is 6.42 Å². The summed E-state index contributed by atoms with van der Waals surface area (Å²) in [6.07, 6.45) is 3.55. The highest BCUT2D eigenvalue weighted by Gasteiger charge is 2.13. The van der Waals surface area contributed by atoms with E-state index in [4.69, 9.17) is 4.74 Å². The molecule has 2 N–H and O–H groups in total. The maximum Gasteiger partial charge on any atom is 0.255 e. The summed E-state index contributed by atoms with van der Waals surface area (Å²) in [4.78, 5) is 27.6. The number of benzene rings is 3. The van der Waals surface area contributed by atoms with E-state index in [0.717, 1.165) is 47.7 Å². The number of carbonyl (C=O) groups excluding carboxylic acids is 2. The molecule has 1 saturated heterocycles. The van der Waals surface area contributed by atoms with Gasteiger partial charge in [0.2, 0.25) is 5.91 Å². The van der Waals surface area contributed by atoms with Gasteiger partial charge in [-0.25, -0.2) is 4.68 Å². The van der Waals surface area contributed by atoms with Crippen LogP contribution in [0.1, 0.15) is 15.9 Å². The molecule has 1 aliphatic rings. The molecule has 2 amide bonds. The average molecular weight is 560 g/mol. The molecular formula is C28H26BrN5O3. The van der Waals surface area contributed by atoms with E-state index < -0.39 is 0 Å². The van der Waals surface area contributed by atoms with Crippen LogP contribution < -0.4 is 15.5 Å². The summed E-state index contributed by atoms with van der Waals surface area (Å²) in [7, 11) is 0. The number of morpholine rings is 1. The molecule has 2 heterocycles. The second-order valence-corrected chi connectivity index (χ2v) is 9.50. The van der Waals surface area contributed by atoms with Gasteiger partial charge in [0.15, 0.2) is 0 Å². The molecule has 0 atom stereocenters. The van der Waals surface area contributed by atoms with Gasteiger partial charge in [0.1, 0.15) is 0 Å². The first-order valence-corrected chi connectivity index (χ1v) is 12.8. The van der Waals surface area contributed by atoms with Crippen LogP contribution in [0.5, 0.6) is 0 Å². The minimum Gasteiger partial charge on any atom is -0.378 e. The fraction of sp³-hybridized carbons (Fsp3) is 0.179. The zero-order valence-corrected chi connectivity index (χ0v) is 21.6. The Morgan fingerprint density at radius 3 is 2.46 bits per heavy atom. The number of aromatic nitrogens is 2. The first-order chi connectivity index (χ1) is 18.0. The monoisotopic (exact) mass is 559 g/mol. The van der Waals surface area contributed by atoms with Crippen LogP contribution in [0.25, 0.3) is 5.69 Å². The fourth-order valence-corrected chi connectivity index (χ4v) is 4.54. The van der Waals surface area contributed by atoms with E-state index in [1.807, 2.05) is 54.6 Å². The Morgan fingerprint density at radius 2 is 1.68 bits per heavy atom. The second kappa shape index (κ2) is 11.4. The van der Waals surface area contributed by atoms with E-state index >= 15 is 0 Å². The molecule has 0 spiro atoms. The number of anilines is 3. The smallest absolute Gasteiger partial charge is 0.255 e. The Bertz CT molecular complexity index is 1400. The van der Waals surface area contributed by atoms with Crippen LogP contribution in [0, 0.1) is 0 Å². The zero-order chi connectivity index (χ0) is 25.6. The van der Waals surface area contributed by atoms with Crippen LogP contribution in [0.15, 0.2) is 89.7 Å². The third-order valence-corrected chi connectivity index (χ3v) is 6.82. The van der Waals surface area contributed by atoms with Crippen molar-refractivity contribution < 1.29 is 14.3 Å². The molecular weight excluding hydrogens is 534 g/mol. The number of hydrogen-bond acceptors (Lipinski definition) is 5. The van der Waals surface area contributed by atoms with Gasteiger partial charge in [-0.05, 0) is 54.1 Å². The van der Waals surface area contributed by atoms with Crippen molar-refractivity contribution in [1.82, 2.24) is 9.78 Å². The average Bonchev–Trinajstić information content (AvgIpc) is 3.39. The van der Waals surface area contributed by atoms with Crippen molar-refractivity contribution in [2.75, 3.05) is 41.8 Å². The van der Waals surface area contributed by atoms with Crippen LogP contribution >= 0.6 is 15.9 Å². The Labute approximate surface area is 223 Å². The van der Waals surface area contributed by atoms with Gasteiger partial charge in [-0.3, -0.25) is 9.59 Å². The molecule has 0 aliphatic carbocycles. The Kier molecular flexibility index (Phi) is 7.62. The van der Waals surface area contributed by atoms with Gasteiger partial charge >= 0.3 is 0 Å². The Balaban J connectivity index is 1.21. The van der Waals surface area contributed by atoms with Crippen molar-refractivity contribution in [3.63, 3.8) is 0 Å². The summed E-state index contributed by atoms with van der Waals surface area (Å²) < 4.78 is 7.93. The maximum atomic E-state index is 12.9. The lowest BCUT2D eigenvalue weighted by atomic mass is 10.1. The Hall–Kier alpha value is -3.95. The molecule has 188 valence electrons. The van der Waals surface area contributed by atoms with Gasteiger partial charge in [-0.1, -0.05) is 40.2 Å².